The molecule has 0 bridgehead atoms. The highest BCUT2D eigenvalue weighted by atomic mass is 15.4. The van der Waals surface area contributed by atoms with Gasteiger partial charge in [0, 0.05) is 5.69 Å². The second-order valence-corrected chi connectivity index (χ2v) is 3.96. The second kappa shape index (κ2) is 3.90. The van der Waals surface area contributed by atoms with Crippen LogP contribution in [0.4, 0.5) is 5.69 Å². The molecule has 0 spiro atoms. The molecule has 17 heavy (non-hydrogen) atoms. The zero-order valence-corrected chi connectivity index (χ0v) is 9.24. The molecule has 0 saturated heterocycles. The molecule has 1 aromatic heterocycles. The van der Waals surface area contributed by atoms with E-state index in [-0.39, 0.29) is 0 Å². The lowest BCUT2D eigenvalue weighted by atomic mass is 10.2. The third-order valence-corrected chi connectivity index (χ3v) is 2.75. The average Bonchev–Trinajstić information content (AvgIpc) is 3.00. The molecule has 4 nitrogen and oxygen atoms in total. The van der Waals surface area contributed by atoms with E-state index in [4.69, 9.17) is 5.73 Å². The van der Waals surface area contributed by atoms with E-state index in [0.717, 1.165) is 23.5 Å². The zero-order valence-electron chi connectivity index (χ0n) is 9.24. The number of rotatable bonds is 2. The van der Waals surface area contributed by atoms with E-state index in [0.29, 0.717) is 0 Å². The van der Waals surface area contributed by atoms with Crippen molar-refractivity contribution in [3.8, 4) is 5.69 Å². The van der Waals surface area contributed by atoms with Gasteiger partial charge in [0.1, 0.15) is 5.69 Å². The van der Waals surface area contributed by atoms with Gasteiger partial charge in [-0.2, -0.15) is 0 Å². The van der Waals surface area contributed by atoms with Gasteiger partial charge >= 0.3 is 0 Å². The predicted molar refractivity (Wildman–Crippen MR) is 67.5 cm³/mol. The minimum absolute atomic E-state index is 0.747. The van der Waals surface area contributed by atoms with Gasteiger partial charge in [-0.25, -0.2) is 4.68 Å². The molecule has 1 aliphatic rings. The summed E-state index contributed by atoms with van der Waals surface area (Å²) in [5.74, 6) is 0. The van der Waals surface area contributed by atoms with Gasteiger partial charge in [0.2, 0.25) is 0 Å². The molecule has 0 unspecified atom stereocenters. The molecule has 1 aromatic carbocycles. The number of benzene rings is 1. The van der Waals surface area contributed by atoms with Gasteiger partial charge < -0.3 is 5.73 Å². The van der Waals surface area contributed by atoms with Crippen molar-refractivity contribution in [3.05, 3.63) is 54.4 Å². The Morgan fingerprint density at radius 3 is 2.71 bits per heavy atom. The molecule has 1 aliphatic carbocycles. The average molecular weight is 224 g/mol. The standard InChI is InChI=1S/C13H12N4/c14-11-5-7-12(8-6-11)17-9-13(15-16-17)10-3-1-2-4-10/h1-3,5-9H,4,14H2. The van der Waals surface area contributed by atoms with Crippen molar-refractivity contribution in [3.63, 3.8) is 0 Å². The van der Waals surface area contributed by atoms with Gasteiger partial charge in [0.25, 0.3) is 0 Å². The number of nitrogens with zero attached hydrogens (tertiary/aromatic N) is 3. The largest absolute Gasteiger partial charge is 0.399 e. The Labute approximate surface area is 99.1 Å². The summed E-state index contributed by atoms with van der Waals surface area (Å²) >= 11 is 0. The second-order valence-electron chi connectivity index (χ2n) is 3.96. The van der Waals surface area contributed by atoms with E-state index in [2.05, 4.69) is 22.5 Å². The number of aromatic nitrogens is 3. The lowest BCUT2D eigenvalue weighted by Crippen LogP contribution is -1.95. The highest BCUT2D eigenvalue weighted by Crippen LogP contribution is 2.21. The molecule has 0 aliphatic heterocycles. The molecule has 2 aromatic rings. The van der Waals surface area contributed by atoms with E-state index in [1.54, 1.807) is 4.68 Å². The van der Waals surface area contributed by atoms with Crippen LogP contribution in [-0.4, -0.2) is 15.0 Å². The van der Waals surface area contributed by atoms with Gasteiger partial charge in [0.15, 0.2) is 0 Å². The SMILES string of the molecule is Nc1ccc(-n2cc(C3=CC=CC3)nn2)cc1. The fourth-order valence-electron chi connectivity index (χ4n) is 1.80. The number of nitrogen functional groups attached to an aromatic ring is 1. The first kappa shape index (κ1) is 9.84. The van der Waals surface area contributed by atoms with Crippen LogP contribution in [0.1, 0.15) is 12.1 Å². The molecular formula is C13H12N4. The van der Waals surface area contributed by atoms with Gasteiger partial charge in [0.05, 0.1) is 11.9 Å². The Hall–Kier alpha value is -2.36. The molecule has 3 rings (SSSR count). The van der Waals surface area contributed by atoms with E-state index in [1.165, 1.54) is 5.57 Å². The lowest BCUT2D eigenvalue weighted by Gasteiger charge is -1.99. The summed E-state index contributed by atoms with van der Waals surface area (Å²) < 4.78 is 1.76. The Morgan fingerprint density at radius 2 is 2.00 bits per heavy atom. The monoisotopic (exact) mass is 224 g/mol. The molecule has 0 radical (unpaired) electrons. The van der Waals surface area contributed by atoms with Crippen molar-refractivity contribution in [1.29, 1.82) is 0 Å². The molecule has 2 N–H and O–H groups in total. The van der Waals surface area contributed by atoms with Gasteiger partial charge in [-0.1, -0.05) is 23.4 Å². The Kier molecular flexibility index (Phi) is 2.26. The minimum Gasteiger partial charge on any atom is -0.399 e. The van der Waals surface area contributed by atoms with Crippen LogP contribution in [0.25, 0.3) is 11.3 Å². The molecule has 4 heteroatoms. The van der Waals surface area contributed by atoms with Crippen LogP contribution in [0.2, 0.25) is 0 Å². The third-order valence-electron chi connectivity index (χ3n) is 2.75. The maximum absolute atomic E-state index is 5.65. The summed E-state index contributed by atoms with van der Waals surface area (Å²) in [5, 5.41) is 8.29. The first-order chi connectivity index (χ1) is 8.33. The molecular weight excluding hydrogens is 212 g/mol. The van der Waals surface area contributed by atoms with Gasteiger partial charge in [-0.3, -0.25) is 0 Å². The molecule has 0 saturated carbocycles. The van der Waals surface area contributed by atoms with Gasteiger partial charge in [-0.05, 0) is 36.3 Å². The van der Waals surface area contributed by atoms with Crippen molar-refractivity contribution in [2.45, 2.75) is 6.42 Å². The highest BCUT2D eigenvalue weighted by molar-refractivity contribution is 5.67. The Morgan fingerprint density at radius 1 is 1.18 bits per heavy atom. The topological polar surface area (TPSA) is 56.7 Å². The molecule has 1 heterocycles. The normalized spacial score (nSPS) is 14.0. The number of allylic oxidation sites excluding steroid dienone is 4. The van der Waals surface area contributed by atoms with Crippen LogP contribution in [0.5, 0.6) is 0 Å². The van der Waals surface area contributed by atoms with Crippen molar-refractivity contribution < 1.29 is 0 Å². The van der Waals surface area contributed by atoms with Crippen LogP contribution < -0.4 is 5.73 Å². The van der Waals surface area contributed by atoms with E-state index >= 15 is 0 Å². The van der Waals surface area contributed by atoms with Crippen molar-refractivity contribution in [1.82, 2.24) is 15.0 Å². The first-order valence-electron chi connectivity index (χ1n) is 5.47. The first-order valence-corrected chi connectivity index (χ1v) is 5.47. The smallest absolute Gasteiger partial charge is 0.109 e. The van der Waals surface area contributed by atoms with Gasteiger partial charge in [-0.15, -0.1) is 5.10 Å². The highest BCUT2D eigenvalue weighted by Gasteiger charge is 2.08. The fourth-order valence-corrected chi connectivity index (χ4v) is 1.80. The fraction of sp³-hybridized carbons (Fsp3) is 0.0769. The maximum atomic E-state index is 5.65. The summed E-state index contributed by atoms with van der Waals surface area (Å²) in [4.78, 5) is 0. The molecule has 0 fully saturated rings. The summed E-state index contributed by atoms with van der Waals surface area (Å²) in [6.45, 7) is 0. The minimum atomic E-state index is 0.747. The third kappa shape index (κ3) is 1.85. The number of anilines is 1. The molecule has 0 atom stereocenters. The number of hydrogen-bond donors (Lipinski definition) is 1. The number of nitrogens with two attached hydrogens (primary N) is 1. The van der Waals surface area contributed by atoms with Crippen molar-refractivity contribution >= 4 is 11.3 Å². The van der Waals surface area contributed by atoms with Crippen LogP contribution >= 0.6 is 0 Å². The van der Waals surface area contributed by atoms with E-state index in [9.17, 15) is 0 Å². The summed E-state index contributed by atoms with van der Waals surface area (Å²) in [7, 11) is 0. The predicted octanol–water partition coefficient (Wildman–Crippen LogP) is 2.19. The van der Waals surface area contributed by atoms with E-state index < -0.39 is 0 Å². The quantitative estimate of drug-likeness (QED) is 0.795. The molecule has 0 amide bonds. The summed E-state index contributed by atoms with van der Waals surface area (Å²) in [6, 6.07) is 7.56. The zero-order chi connectivity index (χ0) is 11.7. The van der Waals surface area contributed by atoms with Crippen molar-refractivity contribution in [2.75, 3.05) is 5.73 Å². The van der Waals surface area contributed by atoms with E-state index in [1.807, 2.05) is 36.5 Å². The lowest BCUT2D eigenvalue weighted by molar-refractivity contribution is 0.802. The van der Waals surface area contributed by atoms with Crippen LogP contribution in [0.15, 0.2) is 48.7 Å². The van der Waals surface area contributed by atoms with Crippen molar-refractivity contribution in [2.24, 2.45) is 0 Å². The summed E-state index contributed by atoms with van der Waals surface area (Å²) in [6.07, 6.45) is 9.08. The Bertz CT molecular complexity index is 590. The summed E-state index contributed by atoms with van der Waals surface area (Å²) in [5.41, 5.74) is 9.48. The van der Waals surface area contributed by atoms with Crippen LogP contribution in [0, 0.1) is 0 Å². The molecule has 84 valence electrons. The van der Waals surface area contributed by atoms with Crippen LogP contribution in [0.3, 0.4) is 0 Å². The number of hydrogen-bond acceptors (Lipinski definition) is 3. The maximum Gasteiger partial charge on any atom is 0.109 e. The Balaban J connectivity index is 1.92. The van der Waals surface area contributed by atoms with Crippen LogP contribution in [-0.2, 0) is 0 Å².